The third-order valence-electron chi connectivity index (χ3n) is 2.56. The SMILES string of the molecule is CNc1cc(Nc2ccc(C(F)(F)F)cc2Cl)nc(N)n1. The molecule has 0 fully saturated rings. The highest BCUT2D eigenvalue weighted by Crippen LogP contribution is 2.34. The fraction of sp³-hybridized carbons (Fsp3) is 0.167. The van der Waals surface area contributed by atoms with Crippen LogP contribution in [0.3, 0.4) is 0 Å². The highest BCUT2D eigenvalue weighted by Gasteiger charge is 2.30. The molecule has 5 nitrogen and oxygen atoms in total. The smallest absolute Gasteiger partial charge is 0.373 e. The molecule has 1 heterocycles. The molecule has 21 heavy (non-hydrogen) atoms. The highest BCUT2D eigenvalue weighted by atomic mass is 35.5. The van der Waals surface area contributed by atoms with Crippen LogP contribution in [-0.2, 0) is 6.18 Å². The average Bonchev–Trinajstić information content (AvgIpc) is 2.39. The lowest BCUT2D eigenvalue weighted by Gasteiger charge is -2.12. The molecule has 1 aromatic heterocycles. The number of nitrogens with zero attached hydrogens (tertiary/aromatic N) is 2. The van der Waals surface area contributed by atoms with E-state index in [1.807, 2.05) is 0 Å². The molecule has 1 aromatic carbocycles. The third kappa shape index (κ3) is 3.66. The summed E-state index contributed by atoms with van der Waals surface area (Å²) in [5.41, 5.74) is 4.98. The summed E-state index contributed by atoms with van der Waals surface area (Å²) in [6, 6.07) is 4.54. The summed E-state index contributed by atoms with van der Waals surface area (Å²) >= 11 is 5.85. The average molecular weight is 318 g/mol. The van der Waals surface area contributed by atoms with E-state index in [0.29, 0.717) is 11.6 Å². The summed E-state index contributed by atoms with van der Waals surface area (Å²) in [5.74, 6) is 0.800. The van der Waals surface area contributed by atoms with Crippen molar-refractivity contribution in [2.45, 2.75) is 6.18 Å². The number of halogens is 4. The number of rotatable bonds is 3. The van der Waals surface area contributed by atoms with Crippen molar-refractivity contribution in [3.8, 4) is 0 Å². The molecular weight excluding hydrogens is 307 g/mol. The van der Waals surface area contributed by atoms with Crippen molar-refractivity contribution in [1.82, 2.24) is 9.97 Å². The van der Waals surface area contributed by atoms with Crippen LogP contribution in [0.4, 0.5) is 36.4 Å². The van der Waals surface area contributed by atoms with Crippen molar-refractivity contribution >= 4 is 34.9 Å². The standard InChI is InChI=1S/C12H11ClF3N5/c1-18-9-5-10(21-11(17)20-9)19-8-3-2-6(4-7(8)13)12(14,15)16/h2-5H,1H3,(H4,17,18,19,20,21). The van der Waals surface area contributed by atoms with Gasteiger partial charge >= 0.3 is 6.18 Å². The monoisotopic (exact) mass is 317 g/mol. The first-order chi connectivity index (χ1) is 9.79. The van der Waals surface area contributed by atoms with Crippen LogP contribution in [0.15, 0.2) is 24.3 Å². The zero-order valence-electron chi connectivity index (χ0n) is 10.8. The molecule has 0 aliphatic heterocycles. The number of hydrogen-bond donors (Lipinski definition) is 3. The predicted molar refractivity (Wildman–Crippen MR) is 75.7 cm³/mol. The van der Waals surface area contributed by atoms with Crippen molar-refractivity contribution in [3.63, 3.8) is 0 Å². The second-order valence-electron chi connectivity index (χ2n) is 4.06. The molecular formula is C12H11ClF3N5. The lowest BCUT2D eigenvalue weighted by Crippen LogP contribution is -2.06. The van der Waals surface area contributed by atoms with Crippen LogP contribution in [0.2, 0.25) is 5.02 Å². The van der Waals surface area contributed by atoms with Gasteiger partial charge in [-0.2, -0.15) is 23.1 Å². The van der Waals surface area contributed by atoms with E-state index in [1.165, 1.54) is 6.07 Å². The largest absolute Gasteiger partial charge is 0.416 e. The van der Waals surface area contributed by atoms with Crippen LogP contribution >= 0.6 is 11.6 Å². The minimum atomic E-state index is -4.44. The first-order valence-electron chi connectivity index (χ1n) is 5.75. The molecule has 112 valence electrons. The first-order valence-corrected chi connectivity index (χ1v) is 6.13. The number of alkyl halides is 3. The van der Waals surface area contributed by atoms with Gasteiger partial charge in [-0.25, -0.2) is 0 Å². The van der Waals surface area contributed by atoms with Crippen LogP contribution in [0.5, 0.6) is 0 Å². The van der Waals surface area contributed by atoms with Crippen LogP contribution in [-0.4, -0.2) is 17.0 Å². The molecule has 9 heteroatoms. The van der Waals surface area contributed by atoms with Crippen molar-refractivity contribution in [3.05, 3.63) is 34.9 Å². The van der Waals surface area contributed by atoms with E-state index in [0.717, 1.165) is 12.1 Å². The molecule has 0 saturated heterocycles. The van der Waals surface area contributed by atoms with E-state index in [4.69, 9.17) is 17.3 Å². The number of aromatic nitrogens is 2. The molecule has 0 aliphatic rings. The van der Waals surface area contributed by atoms with Crippen LogP contribution in [0, 0.1) is 0 Å². The van der Waals surface area contributed by atoms with Crippen molar-refractivity contribution in [2.24, 2.45) is 0 Å². The zero-order valence-corrected chi connectivity index (χ0v) is 11.5. The molecule has 0 bridgehead atoms. The molecule has 0 atom stereocenters. The quantitative estimate of drug-likeness (QED) is 0.807. The van der Waals surface area contributed by atoms with Gasteiger partial charge in [-0.3, -0.25) is 0 Å². The van der Waals surface area contributed by atoms with Gasteiger partial charge in [0.15, 0.2) is 0 Å². The normalized spacial score (nSPS) is 11.3. The Morgan fingerprint density at radius 2 is 1.81 bits per heavy atom. The summed E-state index contributed by atoms with van der Waals surface area (Å²) in [7, 11) is 1.65. The van der Waals surface area contributed by atoms with Crippen molar-refractivity contribution in [2.75, 3.05) is 23.4 Å². The predicted octanol–water partition coefficient (Wildman–Crippen LogP) is 3.52. The van der Waals surface area contributed by atoms with E-state index in [2.05, 4.69) is 20.6 Å². The van der Waals surface area contributed by atoms with E-state index in [-0.39, 0.29) is 16.7 Å². The van der Waals surface area contributed by atoms with Gasteiger partial charge in [0.25, 0.3) is 0 Å². The maximum atomic E-state index is 12.6. The first kappa shape index (κ1) is 15.2. The lowest BCUT2D eigenvalue weighted by molar-refractivity contribution is -0.137. The summed E-state index contributed by atoms with van der Waals surface area (Å²) in [4.78, 5) is 7.82. The van der Waals surface area contributed by atoms with Gasteiger partial charge in [-0.1, -0.05) is 11.6 Å². The molecule has 0 unspecified atom stereocenters. The highest BCUT2D eigenvalue weighted by molar-refractivity contribution is 6.33. The Labute approximate surface area is 123 Å². The Bertz CT molecular complexity index is 660. The molecule has 4 N–H and O–H groups in total. The van der Waals surface area contributed by atoms with Gasteiger partial charge in [-0.05, 0) is 18.2 Å². The van der Waals surface area contributed by atoms with Crippen LogP contribution in [0.1, 0.15) is 5.56 Å². The van der Waals surface area contributed by atoms with Gasteiger partial charge in [0.1, 0.15) is 11.6 Å². The minimum absolute atomic E-state index is 0.0207. The van der Waals surface area contributed by atoms with Crippen molar-refractivity contribution < 1.29 is 13.2 Å². The third-order valence-corrected chi connectivity index (χ3v) is 2.87. The topological polar surface area (TPSA) is 75.9 Å². The number of benzene rings is 1. The fourth-order valence-electron chi connectivity index (χ4n) is 1.59. The second-order valence-corrected chi connectivity index (χ2v) is 4.47. The minimum Gasteiger partial charge on any atom is -0.373 e. The maximum absolute atomic E-state index is 12.6. The van der Waals surface area contributed by atoms with Crippen LogP contribution in [0.25, 0.3) is 0 Å². The zero-order chi connectivity index (χ0) is 15.6. The summed E-state index contributed by atoms with van der Waals surface area (Å²) in [6.07, 6.45) is -4.44. The van der Waals surface area contributed by atoms with Crippen molar-refractivity contribution in [1.29, 1.82) is 0 Å². The molecule has 0 aliphatic carbocycles. The summed E-state index contributed by atoms with van der Waals surface area (Å²) < 4.78 is 37.7. The number of hydrogen-bond acceptors (Lipinski definition) is 5. The Morgan fingerprint density at radius 3 is 2.38 bits per heavy atom. The summed E-state index contributed by atoms with van der Waals surface area (Å²) in [5, 5.41) is 5.50. The van der Waals surface area contributed by atoms with Crippen LogP contribution < -0.4 is 16.4 Å². The number of nitrogen functional groups attached to an aromatic ring is 1. The lowest BCUT2D eigenvalue weighted by atomic mass is 10.2. The molecule has 2 aromatic rings. The Hall–Kier alpha value is -2.22. The van der Waals surface area contributed by atoms with Gasteiger partial charge in [-0.15, -0.1) is 0 Å². The maximum Gasteiger partial charge on any atom is 0.416 e. The molecule has 2 rings (SSSR count). The number of nitrogens with one attached hydrogen (secondary N) is 2. The van der Waals surface area contributed by atoms with E-state index < -0.39 is 11.7 Å². The van der Waals surface area contributed by atoms with Gasteiger partial charge in [0.2, 0.25) is 5.95 Å². The van der Waals surface area contributed by atoms with E-state index in [9.17, 15) is 13.2 Å². The van der Waals surface area contributed by atoms with Gasteiger partial charge in [0, 0.05) is 13.1 Å². The molecule has 0 spiro atoms. The van der Waals surface area contributed by atoms with Gasteiger partial charge in [0.05, 0.1) is 16.3 Å². The molecule has 0 radical (unpaired) electrons. The molecule has 0 saturated carbocycles. The second kappa shape index (κ2) is 5.65. The summed E-state index contributed by atoms with van der Waals surface area (Å²) in [6.45, 7) is 0. The number of nitrogens with two attached hydrogens (primary N) is 1. The fourth-order valence-corrected chi connectivity index (χ4v) is 1.82. The Balaban J connectivity index is 2.30. The Morgan fingerprint density at radius 1 is 1.14 bits per heavy atom. The number of anilines is 4. The molecule has 0 amide bonds. The van der Waals surface area contributed by atoms with Gasteiger partial charge < -0.3 is 16.4 Å². The van der Waals surface area contributed by atoms with E-state index in [1.54, 1.807) is 13.1 Å². The van der Waals surface area contributed by atoms with E-state index >= 15 is 0 Å². The Kier molecular flexibility index (Phi) is 4.08.